The van der Waals surface area contributed by atoms with Crippen LogP contribution in [0, 0.1) is 0 Å². The zero-order chi connectivity index (χ0) is 13.2. The van der Waals surface area contributed by atoms with Gasteiger partial charge in [-0.2, -0.15) is 0 Å². The molecular weight excluding hydrogens is 246 g/mol. The first kappa shape index (κ1) is 13.7. The number of rotatable bonds is 5. The molecule has 1 N–H and O–H groups in total. The highest BCUT2D eigenvalue weighted by atomic mass is 35.5. The van der Waals surface area contributed by atoms with E-state index in [2.05, 4.69) is 26.1 Å². The highest BCUT2D eigenvalue weighted by Gasteiger charge is 2.26. The van der Waals surface area contributed by atoms with Crippen molar-refractivity contribution in [2.24, 2.45) is 0 Å². The highest BCUT2D eigenvalue weighted by Crippen LogP contribution is 2.31. The Hall–Kier alpha value is -0.730. The van der Waals surface area contributed by atoms with Crippen molar-refractivity contribution in [3.8, 4) is 5.75 Å². The molecule has 2 nitrogen and oxygen atoms in total. The summed E-state index contributed by atoms with van der Waals surface area (Å²) in [6.07, 6.45) is 3.45. The van der Waals surface area contributed by atoms with Gasteiger partial charge in [0.1, 0.15) is 11.9 Å². The maximum absolute atomic E-state index is 5.99. The van der Waals surface area contributed by atoms with Crippen LogP contribution < -0.4 is 10.1 Å². The monoisotopic (exact) mass is 267 g/mol. The first-order valence-corrected chi connectivity index (χ1v) is 7.14. The van der Waals surface area contributed by atoms with E-state index >= 15 is 0 Å². The van der Waals surface area contributed by atoms with Crippen molar-refractivity contribution in [1.82, 2.24) is 5.32 Å². The van der Waals surface area contributed by atoms with Gasteiger partial charge in [0.15, 0.2) is 0 Å². The number of nitrogens with one attached hydrogen (secondary N) is 1. The van der Waals surface area contributed by atoms with Crippen molar-refractivity contribution in [3.63, 3.8) is 0 Å². The highest BCUT2D eigenvalue weighted by molar-refractivity contribution is 6.30. The van der Waals surface area contributed by atoms with Gasteiger partial charge in [-0.25, -0.2) is 0 Å². The molecule has 0 bridgehead atoms. The van der Waals surface area contributed by atoms with Crippen LogP contribution in [0.3, 0.4) is 0 Å². The molecular formula is C15H22ClNO. The van der Waals surface area contributed by atoms with Gasteiger partial charge < -0.3 is 10.1 Å². The smallest absolute Gasteiger partial charge is 0.123 e. The fourth-order valence-electron chi connectivity index (χ4n) is 2.26. The number of hydrogen-bond acceptors (Lipinski definition) is 2. The molecule has 0 aliphatic carbocycles. The standard InChI is InChI=1S/C15H22ClNO/c1-4-15(3,5-2)17-10-13-9-11-8-12(16)6-7-14(11)18-13/h6-8,13,17H,4-5,9-10H2,1-3H3. The van der Waals surface area contributed by atoms with Crippen LogP contribution in [0.1, 0.15) is 39.2 Å². The van der Waals surface area contributed by atoms with Crippen LogP contribution in [0.15, 0.2) is 18.2 Å². The SMILES string of the molecule is CCC(C)(CC)NCC1Cc2cc(Cl)ccc2O1. The number of hydrogen-bond donors (Lipinski definition) is 1. The third kappa shape index (κ3) is 2.99. The minimum absolute atomic E-state index is 0.218. The Morgan fingerprint density at radius 3 is 2.78 bits per heavy atom. The Balaban J connectivity index is 1.92. The van der Waals surface area contributed by atoms with Crippen LogP contribution in [-0.2, 0) is 6.42 Å². The Labute approximate surface area is 115 Å². The van der Waals surface area contributed by atoms with Gasteiger partial charge in [0, 0.05) is 23.5 Å². The molecule has 1 unspecified atom stereocenters. The van der Waals surface area contributed by atoms with Crippen molar-refractivity contribution in [2.45, 2.75) is 51.7 Å². The van der Waals surface area contributed by atoms with Gasteiger partial charge in [0.25, 0.3) is 0 Å². The lowest BCUT2D eigenvalue weighted by atomic mass is 9.95. The van der Waals surface area contributed by atoms with E-state index in [1.54, 1.807) is 0 Å². The van der Waals surface area contributed by atoms with Crippen LogP contribution in [0.4, 0.5) is 0 Å². The second kappa shape index (κ2) is 5.50. The molecule has 1 aliphatic rings. The van der Waals surface area contributed by atoms with E-state index in [0.29, 0.717) is 0 Å². The predicted molar refractivity (Wildman–Crippen MR) is 76.6 cm³/mol. The number of fused-ring (bicyclic) bond motifs is 1. The third-order valence-electron chi connectivity index (χ3n) is 4.08. The summed E-state index contributed by atoms with van der Waals surface area (Å²) in [6, 6.07) is 5.87. The molecule has 1 aromatic carbocycles. The number of ether oxygens (including phenoxy) is 1. The second-order valence-corrected chi connectivity index (χ2v) is 5.78. The van der Waals surface area contributed by atoms with E-state index in [0.717, 1.165) is 36.6 Å². The molecule has 0 aromatic heterocycles. The molecule has 100 valence electrons. The maximum Gasteiger partial charge on any atom is 0.123 e. The van der Waals surface area contributed by atoms with E-state index < -0.39 is 0 Å². The summed E-state index contributed by atoms with van der Waals surface area (Å²) in [7, 11) is 0. The Morgan fingerprint density at radius 1 is 1.39 bits per heavy atom. The normalized spacial score (nSPS) is 18.6. The predicted octanol–water partition coefficient (Wildman–Crippen LogP) is 3.81. The van der Waals surface area contributed by atoms with Crippen LogP contribution in [0.25, 0.3) is 0 Å². The summed E-state index contributed by atoms with van der Waals surface area (Å²) in [5.74, 6) is 0.987. The molecule has 0 amide bonds. The molecule has 0 fully saturated rings. The Morgan fingerprint density at radius 2 is 2.11 bits per heavy atom. The largest absolute Gasteiger partial charge is 0.488 e. The average molecular weight is 268 g/mol. The zero-order valence-electron chi connectivity index (χ0n) is 11.4. The molecule has 1 aliphatic heterocycles. The van der Waals surface area contributed by atoms with Gasteiger partial charge in [-0.05, 0) is 43.5 Å². The van der Waals surface area contributed by atoms with Crippen molar-refractivity contribution in [2.75, 3.05) is 6.54 Å². The maximum atomic E-state index is 5.99. The lowest BCUT2D eigenvalue weighted by molar-refractivity contribution is 0.200. The molecule has 0 saturated carbocycles. The first-order valence-electron chi connectivity index (χ1n) is 6.76. The first-order chi connectivity index (χ1) is 8.56. The molecule has 1 atom stereocenters. The lowest BCUT2D eigenvalue weighted by Crippen LogP contribution is -2.45. The van der Waals surface area contributed by atoms with Gasteiger partial charge in [0.05, 0.1) is 0 Å². The molecule has 0 spiro atoms. The molecule has 1 heterocycles. The van der Waals surface area contributed by atoms with Crippen molar-refractivity contribution < 1.29 is 4.74 Å². The average Bonchev–Trinajstić information content (AvgIpc) is 2.78. The molecule has 0 saturated heterocycles. The van der Waals surface area contributed by atoms with E-state index in [1.165, 1.54) is 5.56 Å². The summed E-state index contributed by atoms with van der Waals surface area (Å²) >= 11 is 5.99. The van der Waals surface area contributed by atoms with Crippen molar-refractivity contribution >= 4 is 11.6 Å². The summed E-state index contributed by atoms with van der Waals surface area (Å²) in [6.45, 7) is 7.61. The van der Waals surface area contributed by atoms with Crippen molar-refractivity contribution in [3.05, 3.63) is 28.8 Å². The molecule has 1 aromatic rings. The number of benzene rings is 1. The van der Waals surface area contributed by atoms with Crippen LogP contribution in [-0.4, -0.2) is 18.2 Å². The Kier molecular flexibility index (Phi) is 4.18. The van der Waals surface area contributed by atoms with Gasteiger partial charge in [0.2, 0.25) is 0 Å². The van der Waals surface area contributed by atoms with Gasteiger partial charge >= 0.3 is 0 Å². The van der Waals surface area contributed by atoms with E-state index in [4.69, 9.17) is 16.3 Å². The molecule has 3 heteroatoms. The minimum atomic E-state index is 0.218. The third-order valence-corrected chi connectivity index (χ3v) is 4.32. The Bertz CT molecular complexity index is 415. The fraction of sp³-hybridized carbons (Fsp3) is 0.600. The van der Waals surface area contributed by atoms with E-state index in [1.807, 2.05) is 18.2 Å². The summed E-state index contributed by atoms with van der Waals surface area (Å²) < 4.78 is 5.93. The van der Waals surface area contributed by atoms with Crippen LogP contribution in [0.5, 0.6) is 5.75 Å². The summed E-state index contributed by atoms with van der Waals surface area (Å²) in [5.41, 5.74) is 1.44. The topological polar surface area (TPSA) is 21.3 Å². The van der Waals surface area contributed by atoms with Crippen molar-refractivity contribution in [1.29, 1.82) is 0 Å². The minimum Gasteiger partial charge on any atom is -0.488 e. The van der Waals surface area contributed by atoms with Crippen LogP contribution >= 0.6 is 11.6 Å². The quantitative estimate of drug-likeness (QED) is 0.876. The lowest BCUT2D eigenvalue weighted by Gasteiger charge is -2.29. The molecule has 18 heavy (non-hydrogen) atoms. The summed E-state index contributed by atoms with van der Waals surface area (Å²) in [4.78, 5) is 0. The van der Waals surface area contributed by atoms with Crippen LogP contribution in [0.2, 0.25) is 5.02 Å². The second-order valence-electron chi connectivity index (χ2n) is 5.34. The number of halogens is 1. The van der Waals surface area contributed by atoms with Gasteiger partial charge in [-0.1, -0.05) is 25.4 Å². The van der Waals surface area contributed by atoms with E-state index in [-0.39, 0.29) is 11.6 Å². The van der Waals surface area contributed by atoms with Gasteiger partial charge in [-0.15, -0.1) is 0 Å². The molecule has 0 radical (unpaired) electrons. The van der Waals surface area contributed by atoms with Gasteiger partial charge in [-0.3, -0.25) is 0 Å². The van der Waals surface area contributed by atoms with E-state index in [9.17, 15) is 0 Å². The molecule has 2 rings (SSSR count). The summed E-state index contributed by atoms with van der Waals surface area (Å²) in [5, 5.41) is 4.42. The zero-order valence-corrected chi connectivity index (χ0v) is 12.2. The fourth-order valence-corrected chi connectivity index (χ4v) is 2.46.